The van der Waals surface area contributed by atoms with Gasteiger partial charge in [-0.05, 0) is 36.0 Å². The molecule has 0 aromatic heterocycles. The minimum Gasteiger partial charge on any atom is -0.497 e. The Balaban J connectivity index is 1.77. The molecule has 0 heterocycles. The molecule has 0 amide bonds. The van der Waals surface area contributed by atoms with E-state index in [9.17, 15) is 5.11 Å². The van der Waals surface area contributed by atoms with Crippen LogP contribution in [0.25, 0.3) is 0 Å². The van der Waals surface area contributed by atoms with E-state index in [0.717, 1.165) is 17.9 Å². The van der Waals surface area contributed by atoms with E-state index in [1.54, 1.807) is 7.11 Å². The van der Waals surface area contributed by atoms with E-state index in [1.165, 1.54) is 19.3 Å². The molecule has 0 aliphatic heterocycles. The van der Waals surface area contributed by atoms with Gasteiger partial charge < -0.3 is 15.2 Å². The Bertz CT molecular complexity index is 371. The van der Waals surface area contributed by atoms with Gasteiger partial charge in [0.05, 0.1) is 13.2 Å². The summed E-state index contributed by atoms with van der Waals surface area (Å²) in [5.41, 5.74) is 1.39. The molecule has 1 saturated carbocycles. The second-order valence-corrected chi connectivity index (χ2v) is 5.58. The van der Waals surface area contributed by atoms with Gasteiger partial charge in [0.25, 0.3) is 0 Å². The zero-order chi connectivity index (χ0) is 13.0. The molecular formula is C15H23NO2. The van der Waals surface area contributed by atoms with Crippen molar-refractivity contribution in [2.45, 2.75) is 32.3 Å². The molecule has 1 aromatic carbocycles. The second-order valence-electron chi connectivity index (χ2n) is 5.58. The van der Waals surface area contributed by atoms with Crippen molar-refractivity contribution in [2.75, 3.05) is 20.2 Å². The number of hydrogen-bond acceptors (Lipinski definition) is 3. The van der Waals surface area contributed by atoms with Crippen LogP contribution in [0.5, 0.6) is 5.75 Å². The SMILES string of the molecule is COc1ccc(C(O)CNCC2(C)CCC2)cc1. The molecule has 1 fully saturated rings. The highest BCUT2D eigenvalue weighted by Gasteiger charge is 2.31. The lowest BCUT2D eigenvalue weighted by atomic mass is 9.70. The summed E-state index contributed by atoms with van der Waals surface area (Å²) in [4.78, 5) is 0. The number of rotatable bonds is 6. The van der Waals surface area contributed by atoms with Crippen molar-refractivity contribution in [2.24, 2.45) is 5.41 Å². The normalized spacial score (nSPS) is 19.1. The summed E-state index contributed by atoms with van der Waals surface area (Å²) in [6.07, 6.45) is 3.51. The summed E-state index contributed by atoms with van der Waals surface area (Å²) in [6, 6.07) is 7.59. The molecule has 0 spiro atoms. The number of benzene rings is 1. The summed E-state index contributed by atoms with van der Waals surface area (Å²) in [5, 5.41) is 13.4. The molecular weight excluding hydrogens is 226 g/mol. The van der Waals surface area contributed by atoms with Gasteiger partial charge in [0.2, 0.25) is 0 Å². The molecule has 100 valence electrons. The van der Waals surface area contributed by atoms with Gasteiger partial charge in [0.15, 0.2) is 0 Å². The van der Waals surface area contributed by atoms with E-state index in [2.05, 4.69) is 12.2 Å². The Morgan fingerprint density at radius 3 is 2.50 bits per heavy atom. The first kappa shape index (κ1) is 13.4. The van der Waals surface area contributed by atoms with Crippen molar-refractivity contribution < 1.29 is 9.84 Å². The summed E-state index contributed by atoms with van der Waals surface area (Å²) in [6.45, 7) is 3.92. The minimum atomic E-state index is -0.445. The van der Waals surface area contributed by atoms with Gasteiger partial charge >= 0.3 is 0 Å². The smallest absolute Gasteiger partial charge is 0.118 e. The van der Waals surface area contributed by atoms with Gasteiger partial charge in [0, 0.05) is 13.1 Å². The predicted octanol–water partition coefficient (Wildman–Crippen LogP) is 2.51. The summed E-state index contributed by atoms with van der Waals surface area (Å²) < 4.78 is 5.10. The zero-order valence-electron chi connectivity index (χ0n) is 11.3. The third-order valence-corrected chi connectivity index (χ3v) is 3.95. The van der Waals surface area contributed by atoms with Crippen LogP contribution in [0.1, 0.15) is 37.9 Å². The Morgan fingerprint density at radius 1 is 1.33 bits per heavy atom. The molecule has 1 atom stereocenters. The van der Waals surface area contributed by atoms with Gasteiger partial charge in [-0.15, -0.1) is 0 Å². The molecule has 1 aliphatic carbocycles. The van der Waals surface area contributed by atoms with Crippen molar-refractivity contribution in [3.63, 3.8) is 0 Å². The topological polar surface area (TPSA) is 41.5 Å². The standard InChI is InChI=1S/C15H23NO2/c1-15(8-3-9-15)11-16-10-14(17)12-4-6-13(18-2)7-5-12/h4-7,14,16-17H,3,8-11H2,1-2H3. The molecule has 1 aliphatic rings. The Labute approximate surface area is 109 Å². The van der Waals surface area contributed by atoms with Crippen LogP contribution in [0, 0.1) is 5.41 Å². The fourth-order valence-electron chi connectivity index (χ4n) is 2.41. The molecule has 2 N–H and O–H groups in total. The first-order valence-electron chi connectivity index (χ1n) is 6.66. The monoisotopic (exact) mass is 249 g/mol. The average Bonchev–Trinajstić information content (AvgIpc) is 2.36. The first-order chi connectivity index (χ1) is 8.63. The van der Waals surface area contributed by atoms with Crippen LogP contribution < -0.4 is 10.1 Å². The molecule has 18 heavy (non-hydrogen) atoms. The van der Waals surface area contributed by atoms with Crippen LogP contribution >= 0.6 is 0 Å². The zero-order valence-corrected chi connectivity index (χ0v) is 11.3. The number of ether oxygens (including phenoxy) is 1. The van der Waals surface area contributed by atoms with Crippen molar-refractivity contribution >= 4 is 0 Å². The third kappa shape index (κ3) is 3.24. The van der Waals surface area contributed by atoms with Gasteiger partial charge in [-0.1, -0.05) is 25.5 Å². The number of aliphatic hydroxyl groups excluding tert-OH is 1. The predicted molar refractivity (Wildman–Crippen MR) is 72.8 cm³/mol. The van der Waals surface area contributed by atoms with E-state index in [4.69, 9.17) is 4.74 Å². The Kier molecular flexibility index (Phi) is 4.25. The Morgan fingerprint density at radius 2 is 2.00 bits per heavy atom. The van der Waals surface area contributed by atoms with Gasteiger partial charge in [-0.3, -0.25) is 0 Å². The first-order valence-corrected chi connectivity index (χ1v) is 6.66. The van der Waals surface area contributed by atoms with Crippen LogP contribution in [0.2, 0.25) is 0 Å². The van der Waals surface area contributed by atoms with Crippen LogP contribution in [0.15, 0.2) is 24.3 Å². The quantitative estimate of drug-likeness (QED) is 0.814. The van der Waals surface area contributed by atoms with Crippen LogP contribution in [0.3, 0.4) is 0 Å². The Hall–Kier alpha value is -1.06. The maximum atomic E-state index is 10.1. The molecule has 1 aromatic rings. The van der Waals surface area contributed by atoms with Crippen molar-refractivity contribution in [1.82, 2.24) is 5.32 Å². The summed E-state index contributed by atoms with van der Waals surface area (Å²) in [5.74, 6) is 0.820. The molecule has 3 heteroatoms. The molecule has 0 saturated heterocycles. The molecule has 2 rings (SSSR count). The second kappa shape index (κ2) is 5.72. The number of nitrogens with one attached hydrogen (secondary N) is 1. The van der Waals surface area contributed by atoms with E-state index < -0.39 is 6.10 Å². The maximum Gasteiger partial charge on any atom is 0.118 e. The van der Waals surface area contributed by atoms with E-state index in [0.29, 0.717) is 12.0 Å². The fourth-order valence-corrected chi connectivity index (χ4v) is 2.41. The lowest BCUT2D eigenvalue weighted by molar-refractivity contribution is 0.133. The summed E-state index contributed by atoms with van der Waals surface area (Å²) >= 11 is 0. The van der Waals surface area contributed by atoms with Crippen LogP contribution in [0.4, 0.5) is 0 Å². The number of methoxy groups -OCH3 is 1. The number of aliphatic hydroxyl groups is 1. The average molecular weight is 249 g/mol. The fraction of sp³-hybridized carbons (Fsp3) is 0.600. The lowest BCUT2D eigenvalue weighted by Crippen LogP contribution is -2.38. The minimum absolute atomic E-state index is 0.445. The lowest BCUT2D eigenvalue weighted by Gasteiger charge is -2.38. The highest BCUT2D eigenvalue weighted by molar-refractivity contribution is 5.28. The van der Waals surface area contributed by atoms with Gasteiger partial charge in [0.1, 0.15) is 5.75 Å². The highest BCUT2D eigenvalue weighted by Crippen LogP contribution is 2.39. The largest absolute Gasteiger partial charge is 0.497 e. The molecule has 3 nitrogen and oxygen atoms in total. The van der Waals surface area contributed by atoms with Crippen molar-refractivity contribution in [1.29, 1.82) is 0 Å². The van der Waals surface area contributed by atoms with Crippen LogP contribution in [-0.4, -0.2) is 25.3 Å². The number of hydrogen-bond donors (Lipinski definition) is 2. The van der Waals surface area contributed by atoms with Gasteiger partial charge in [-0.25, -0.2) is 0 Å². The molecule has 0 radical (unpaired) electrons. The van der Waals surface area contributed by atoms with Crippen molar-refractivity contribution in [3.8, 4) is 5.75 Å². The molecule has 1 unspecified atom stereocenters. The molecule has 0 bridgehead atoms. The summed E-state index contributed by atoms with van der Waals surface area (Å²) in [7, 11) is 1.65. The van der Waals surface area contributed by atoms with E-state index in [-0.39, 0.29) is 0 Å². The van der Waals surface area contributed by atoms with E-state index in [1.807, 2.05) is 24.3 Å². The maximum absolute atomic E-state index is 10.1. The highest BCUT2D eigenvalue weighted by atomic mass is 16.5. The van der Waals surface area contributed by atoms with Gasteiger partial charge in [-0.2, -0.15) is 0 Å². The third-order valence-electron chi connectivity index (χ3n) is 3.95. The van der Waals surface area contributed by atoms with Crippen LogP contribution in [-0.2, 0) is 0 Å². The van der Waals surface area contributed by atoms with Crippen molar-refractivity contribution in [3.05, 3.63) is 29.8 Å². The van der Waals surface area contributed by atoms with E-state index >= 15 is 0 Å².